The zero-order valence-electron chi connectivity index (χ0n) is 12.6. The second-order valence-corrected chi connectivity index (χ2v) is 5.48. The molecule has 1 aliphatic rings. The van der Waals surface area contributed by atoms with Gasteiger partial charge in [-0.05, 0) is 30.3 Å². The predicted molar refractivity (Wildman–Crippen MR) is 83.7 cm³/mol. The Morgan fingerprint density at radius 2 is 2.00 bits per heavy atom. The summed E-state index contributed by atoms with van der Waals surface area (Å²) >= 11 is 0. The molecule has 1 unspecified atom stereocenters. The Morgan fingerprint density at radius 1 is 1.22 bits per heavy atom. The minimum atomic E-state index is -0.918. The summed E-state index contributed by atoms with van der Waals surface area (Å²) in [6, 6.07) is 11.2. The van der Waals surface area contributed by atoms with Gasteiger partial charge in [0.25, 0.3) is 5.91 Å². The quantitative estimate of drug-likeness (QED) is 0.934. The number of aliphatic carboxylic acids is 1. The molecule has 3 rings (SSSR count). The molecule has 0 saturated carbocycles. The molecule has 1 aromatic carbocycles. The van der Waals surface area contributed by atoms with Crippen LogP contribution in [0.25, 0.3) is 5.69 Å². The maximum atomic E-state index is 12.7. The zero-order chi connectivity index (χ0) is 16.2. The van der Waals surface area contributed by atoms with E-state index in [2.05, 4.69) is 0 Å². The molecule has 1 aromatic heterocycles. The van der Waals surface area contributed by atoms with E-state index in [4.69, 9.17) is 9.84 Å². The third kappa shape index (κ3) is 3.60. The van der Waals surface area contributed by atoms with Crippen molar-refractivity contribution in [2.45, 2.75) is 12.5 Å². The van der Waals surface area contributed by atoms with Crippen molar-refractivity contribution in [3.8, 4) is 5.69 Å². The van der Waals surface area contributed by atoms with E-state index in [1.165, 1.54) is 0 Å². The number of benzene rings is 1. The van der Waals surface area contributed by atoms with Crippen LogP contribution in [0.3, 0.4) is 0 Å². The highest BCUT2D eigenvalue weighted by molar-refractivity contribution is 5.94. The standard InChI is InChI=1S/C17H18N2O4/c20-16(21)11-15-12-19(8-9-23-15)17(22)13-4-3-5-14(10-13)18-6-1-2-7-18/h1-7,10,15H,8-9,11-12H2,(H,20,21). The first-order valence-corrected chi connectivity index (χ1v) is 7.49. The lowest BCUT2D eigenvalue weighted by Gasteiger charge is -2.32. The predicted octanol–water partition coefficient (Wildman–Crippen LogP) is 1.79. The average molecular weight is 314 g/mol. The SMILES string of the molecule is O=C(O)CC1CN(C(=O)c2cccc(-n3cccc3)c2)CCO1. The highest BCUT2D eigenvalue weighted by Crippen LogP contribution is 2.16. The Labute approximate surface area is 133 Å². The fourth-order valence-electron chi connectivity index (χ4n) is 2.71. The molecular weight excluding hydrogens is 296 g/mol. The van der Waals surface area contributed by atoms with Gasteiger partial charge in [-0.2, -0.15) is 0 Å². The van der Waals surface area contributed by atoms with E-state index in [-0.39, 0.29) is 12.3 Å². The number of hydrogen-bond donors (Lipinski definition) is 1. The molecule has 1 saturated heterocycles. The van der Waals surface area contributed by atoms with Crippen molar-refractivity contribution in [2.24, 2.45) is 0 Å². The van der Waals surface area contributed by atoms with Gasteiger partial charge in [0, 0.05) is 36.7 Å². The van der Waals surface area contributed by atoms with Crippen molar-refractivity contribution in [3.05, 3.63) is 54.4 Å². The van der Waals surface area contributed by atoms with Gasteiger partial charge in [0.2, 0.25) is 0 Å². The van der Waals surface area contributed by atoms with Crippen molar-refractivity contribution in [2.75, 3.05) is 19.7 Å². The van der Waals surface area contributed by atoms with Crippen LogP contribution in [-0.2, 0) is 9.53 Å². The van der Waals surface area contributed by atoms with E-state index in [9.17, 15) is 9.59 Å². The van der Waals surface area contributed by atoms with Crippen molar-refractivity contribution >= 4 is 11.9 Å². The first kappa shape index (κ1) is 15.3. The lowest BCUT2D eigenvalue weighted by Crippen LogP contribution is -2.46. The normalized spacial score (nSPS) is 17.9. The summed E-state index contributed by atoms with van der Waals surface area (Å²) in [7, 11) is 0. The third-order valence-corrected chi connectivity index (χ3v) is 3.82. The summed E-state index contributed by atoms with van der Waals surface area (Å²) in [4.78, 5) is 25.1. The molecule has 23 heavy (non-hydrogen) atoms. The number of carbonyl (C=O) groups is 2. The second kappa shape index (κ2) is 6.66. The van der Waals surface area contributed by atoms with Crippen LogP contribution in [0, 0.1) is 0 Å². The van der Waals surface area contributed by atoms with Crippen LogP contribution in [-0.4, -0.2) is 52.3 Å². The minimum absolute atomic E-state index is 0.0901. The number of carboxylic acids is 1. The Balaban J connectivity index is 1.75. The van der Waals surface area contributed by atoms with E-state index in [0.29, 0.717) is 25.3 Å². The smallest absolute Gasteiger partial charge is 0.306 e. The third-order valence-electron chi connectivity index (χ3n) is 3.82. The summed E-state index contributed by atoms with van der Waals surface area (Å²) < 4.78 is 7.34. The Bertz CT molecular complexity index is 696. The molecule has 6 heteroatoms. The summed E-state index contributed by atoms with van der Waals surface area (Å²) in [5.41, 5.74) is 1.50. The number of amides is 1. The van der Waals surface area contributed by atoms with Gasteiger partial charge >= 0.3 is 5.97 Å². The number of nitrogens with zero attached hydrogens (tertiary/aromatic N) is 2. The number of hydrogen-bond acceptors (Lipinski definition) is 3. The van der Waals surface area contributed by atoms with Crippen LogP contribution in [0.1, 0.15) is 16.8 Å². The summed E-state index contributed by atoms with van der Waals surface area (Å²) in [5.74, 6) is -1.02. The number of rotatable bonds is 4. The summed E-state index contributed by atoms with van der Waals surface area (Å²) in [6.45, 7) is 1.14. The highest BCUT2D eigenvalue weighted by atomic mass is 16.5. The van der Waals surface area contributed by atoms with Gasteiger partial charge < -0.3 is 19.3 Å². The molecule has 2 heterocycles. The van der Waals surface area contributed by atoms with Crippen molar-refractivity contribution < 1.29 is 19.4 Å². The maximum absolute atomic E-state index is 12.7. The molecule has 0 spiro atoms. The molecule has 1 aliphatic heterocycles. The zero-order valence-corrected chi connectivity index (χ0v) is 12.6. The highest BCUT2D eigenvalue weighted by Gasteiger charge is 2.26. The van der Waals surface area contributed by atoms with Crippen molar-refractivity contribution in [3.63, 3.8) is 0 Å². The van der Waals surface area contributed by atoms with Crippen molar-refractivity contribution in [1.29, 1.82) is 0 Å². The molecule has 1 atom stereocenters. The number of aromatic nitrogens is 1. The molecule has 0 bridgehead atoms. The minimum Gasteiger partial charge on any atom is -0.481 e. The summed E-state index contributed by atoms with van der Waals surface area (Å²) in [5, 5.41) is 8.86. The monoisotopic (exact) mass is 314 g/mol. The van der Waals surface area contributed by atoms with Gasteiger partial charge in [-0.25, -0.2) is 0 Å². The molecule has 0 radical (unpaired) electrons. The molecule has 2 aromatic rings. The molecular formula is C17H18N2O4. The largest absolute Gasteiger partial charge is 0.481 e. The van der Waals surface area contributed by atoms with Gasteiger partial charge in [0.05, 0.1) is 19.1 Å². The van der Waals surface area contributed by atoms with Crippen LogP contribution in [0.5, 0.6) is 0 Å². The van der Waals surface area contributed by atoms with E-state index in [1.807, 2.05) is 47.3 Å². The molecule has 6 nitrogen and oxygen atoms in total. The van der Waals surface area contributed by atoms with E-state index in [1.54, 1.807) is 11.0 Å². The first-order valence-electron chi connectivity index (χ1n) is 7.49. The van der Waals surface area contributed by atoms with Gasteiger partial charge in [0.1, 0.15) is 0 Å². The van der Waals surface area contributed by atoms with Gasteiger partial charge in [-0.3, -0.25) is 9.59 Å². The lowest BCUT2D eigenvalue weighted by molar-refractivity contribution is -0.141. The Hall–Kier alpha value is -2.60. The summed E-state index contributed by atoms with van der Waals surface area (Å²) in [6.07, 6.45) is 3.30. The lowest BCUT2D eigenvalue weighted by atomic mass is 10.1. The van der Waals surface area contributed by atoms with Crippen LogP contribution < -0.4 is 0 Å². The van der Waals surface area contributed by atoms with Crippen LogP contribution in [0.15, 0.2) is 48.8 Å². The Morgan fingerprint density at radius 3 is 2.74 bits per heavy atom. The fraction of sp³-hybridized carbons (Fsp3) is 0.294. The molecule has 1 N–H and O–H groups in total. The first-order chi connectivity index (χ1) is 11.1. The molecule has 1 fully saturated rings. The van der Waals surface area contributed by atoms with Crippen molar-refractivity contribution in [1.82, 2.24) is 9.47 Å². The maximum Gasteiger partial charge on any atom is 0.306 e. The number of carbonyl (C=O) groups excluding carboxylic acids is 1. The van der Waals surface area contributed by atoms with E-state index in [0.717, 1.165) is 5.69 Å². The van der Waals surface area contributed by atoms with Gasteiger partial charge in [0.15, 0.2) is 0 Å². The fourth-order valence-corrected chi connectivity index (χ4v) is 2.71. The van der Waals surface area contributed by atoms with Crippen LogP contribution in [0.2, 0.25) is 0 Å². The van der Waals surface area contributed by atoms with Gasteiger partial charge in [-0.15, -0.1) is 0 Å². The molecule has 1 amide bonds. The van der Waals surface area contributed by atoms with Gasteiger partial charge in [-0.1, -0.05) is 6.07 Å². The van der Waals surface area contributed by atoms with E-state index < -0.39 is 12.1 Å². The topological polar surface area (TPSA) is 71.8 Å². The molecule has 120 valence electrons. The number of ether oxygens (including phenoxy) is 1. The number of morpholine rings is 1. The second-order valence-electron chi connectivity index (χ2n) is 5.48. The number of carboxylic acid groups (broad SMARTS) is 1. The van der Waals surface area contributed by atoms with Crippen LogP contribution in [0.4, 0.5) is 0 Å². The van der Waals surface area contributed by atoms with Crippen LogP contribution >= 0.6 is 0 Å². The average Bonchev–Trinajstić information content (AvgIpc) is 3.08. The van der Waals surface area contributed by atoms with E-state index >= 15 is 0 Å². The Kier molecular flexibility index (Phi) is 4.43. The molecule has 0 aliphatic carbocycles.